The van der Waals surface area contributed by atoms with Gasteiger partial charge in [-0.1, -0.05) is 22.9 Å². The lowest BCUT2D eigenvalue weighted by Gasteiger charge is -2.16. The maximum atomic E-state index is 12.6. The van der Waals surface area contributed by atoms with Crippen molar-refractivity contribution in [1.82, 2.24) is 4.31 Å². The molecule has 22 heavy (non-hydrogen) atoms. The van der Waals surface area contributed by atoms with Gasteiger partial charge in [-0.15, -0.1) is 0 Å². The molecule has 0 bridgehead atoms. The Balaban J connectivity index is 2.40. The standard InChI is InChI=1S/C12H13BrN2O6S/c1-7-5-14(6-11(7)12(16)17)22(20,21)10-3-8(13)2-9(4-10)15(18)19/h2-4,7,11H,5-6H2,1H3,(H,16,17)/t7-,11-/m1/s1. The number of hydrogen-bond acceptors (Lipinski definition) is 5. The number of halogens is 1. The quantitative estimate of drug-likeness (QED) is 0.615. The predicted molar refractivity (Wildman–Crippen MR) is 79.8 cm³/mol. The number of nitrogens with zero attached hydrogens (tertiary/aromatic N) is 2. The van der Waals surface area contributed by atoms with Crippen LogP contribution < -0.4 is 0 Å². The van der Waals surface area contributed by atoms with Crippen LogP contribution in [0.3, 0.4) is 0 Å². The third-order valence-corrected chi connectivity index (χ3v) is 5.87. The average Bonchev–Trinajstić information content (AvgIpc) is 2.81. The summed E-state index contributed by atoms with van der Waals surface area (Å²) in [6.45, 7) is 1.59. The Bertz CT molecular complexity index is 735. The van der Waals surface area contributed by atoms with E-state index < -0.39 is 26.8 Å². The van der Waals surface area contributed by atoms with Crippen LogP contribution in [0.4, 0.5) is 5.69 Å². The van der Waals surface area contributed by atoms with E-state index in [1.165, 1.54) is 12.1 Å². The Morgan fingerprint density at radius 2 is 2.05 bits per heavy atom. The van der Waals surface area contributed by atoms with Gasteiger partial charge in [0.05, 0.1) is 15.7 Å². The molecule has 0 amide bonds. The van der Waals surface area contributed by atoms with Crippen LogP contribution in [0.1, 0.15) is 6.92 Å². The summed E-state index contributed by atoms with van der Waals surface area (Å²) in [5, 5.41) is 19.9. The molecule has 1 aliphatic heterocycles. The lowest BCUT2D eigenvalue weighted by Crippen LogP contribution is -2.30. The van der Waals surface area contributed by atoms with Gasteiger partial charge < -0.3 is 5.11 Å². The predicted octanol–water partition coefficient (Wildman–Crippen LogP) is 1.70. The molecule has 1 N–H and O–H groups in total. The van der Waals surface area contributed by atoms with E-state index in [2.05, 4.69) is 15.9 Å². The number of sulfonamides is 1. The zero-order valence-electron chi connectivity index (χ0n) is 11.5. The Labute approximate surface area is 135 Å². The highest BCUT2D eigenvalue weighted by Crippen LogP contribution is 2.31. The minimum atomic E-state index is -3.98. The number of hydrogen-bond donors (Lipinski definition) is 1. The van der Waals surface area contributed by atoms with E-state index in [4.69, 9.17) is 5.11 Å². The second-order valence-electron chi connectivity index (χ2n) is 5.15. The SMILES string of the molecule is C[C@@H]1CN(S(=O)(=O)c2cc(Br)cc([N+](=O)[O-])c2)C[C@H]1C(=O)O. The second kappa shape index (κ2) is 5.94. The Morgan fingerprint density at radius 3 is 2.55 bits per heavy atom. The van der Waals surface area contributed by atoms with Crippen molar-refractivity contribution in [3.05, 3.63) is 32.8 Å². The Hall–Kier alpha value is -1.52. The van der Waals surface area contributed by atoms with Crippen molar-refractivity contribution < 1.29 is 23.2 Å². The lowest BCUT2D eigenvalue weighted by molar-refractivity contribution is -0.385. The van der Waals surface area contributed by atoms with Crippen molar-refractivity contribution in [1.29, 1.82) is 0 Å². The summed E-state index contributed by atoms with van der Waals surface area (Å²) in [4.78, 5) is 21.0. The third-order valence-electron chi connectivity index (χ3n) is 3.60. The van der Waals surface area contributed by atoms with E-state index in [0.717, 1.165) is 10.4 Å². The molecule has 0 unspecified atom stereocenters. The molecule has 0 aliphatic carbocycles. The first-order chi connectivity index (χ1) is 10.1. The van der Waals surface area contributed by atoms with Crippen molar-refractivity contribution in [3.63, 3.8) is 0 Å². The lowest BCUT2D eigenvalue weighted by atomic mass is 9.99. The molecule has 2 atom stereocenters. The van der Waals surface area contributed by atoms with Gasteiger partial charge >= 0.3 is 5.97 Å². The molecule has 2 rings (SSSR count). The van der Waals surface area contributed by atoms with Gasteiger partial charge in [0.1, 0.15) is 0 Å². The van der Waals surface area contributed by atoms with Gasteiger partial charge in [0.2, 0.25) is 10.0 Å². The van der Waals surface area contributed by atoms with Crippen molar-refractivity contribution in [2.75, 3.05) is 13.1 Å². The van der Waals surface area contributed by atoms with Crippen LogP contribution in [-0.2, 0) is 14.8 Å². The summed E-state index contributed by atoms with van der Waals surface area (Å²) >= 11 is 3.05. The molecule has 8 nitrogen and oxygen atoms in total. The van der Waals surface area contributed by atoms with Crippen LogP contribution >= 0.6 is 15.9 Å². The molecular weight excluding hydrogens is 380 g/mol. The van der Waals surface area contributed by atoms with E-state index in [1.807, 2.05) is 0 Å². The fourth-order valence-corrected chi connectivity index (χ4v) is 4.66. The summed E-state index contributed by atoms with van der Waals surface area (Å²) in [6, 6.07) is 3.44. The van der Waals surface area contributed by atoms with Gasteiger partial charge in [0.25, 0.3) is 5.69 Å². The molecule has 120 valence electrons. The molecule has 0 saturated carbocycles. The first-order valence-electron chi connectivity index (χ1n) is 6.31. The second-order valence-corrected chi connectivity index (χ2v) is 8.00. The van der Waals surface area contributed by atoms with Crippen LogP contribution in [0, 0.1) is 22.0 Å². The third kappa shape index (κ3) is 3.13. The number of benzene rings is 1. The number of rotatable bonds is 4. The van der Waals surface area contributed by atoms with Gasteiger partial charge in [-0.25, -0.2) is 8.42 Å². The van der Waals surface area contributed by atoms with Gasteiger partial charge in [-0.05, 0) is 12.0 Å². The monoisotopic (exact) mass is 392 g/mol. The molecule has 1 saturated heterocycles. The maximum Gasteiger partial charge on any atom is 0.308 e. The van der Waals surface area contributed by atoms with E-state index in [0.29, 0.717) is 0 Å². The molecule has 1 aromatic rings. The summed E-state index contributed by atoms with van der Waals surface area (Å²) in [5.74, 6) is -2.16. The van der Waals surface area contributed by atoms with Gasteiger partial charge in [-0.3, -0.25) is 14.9 Å². The fraction of sp³-hybridized carbons (Fsp3) is 0.417. The number of nitro benzene ring substituents is 1. The first kappa shape index (κ1) is 16.8. The Kier molecular flexibility index (Phi) is 4.54. The maximum absolute atomic E-state index is 12.6. The molecular formula is C12H13BrN2O6S. The van der Waals surface area contributed by atoms with E-state index in [-0.39, 0.29) is 34.1 Å². The summed E-state index contributed by atoms with van der Waals surface area (Å²) in [7, 11) is -3.98. The van der Waals surface area contributed by atoms with Gasteiger partial charge in [0.15, 0.2) is 0 Å². The molecule has 1 aromatic carbocycles. The van der Waals surface area contributed by atoms with E-state index in [1.54, 1.807) is 6.92 Å². The number of nitro groups is 1. The van der Waals surface area contributed by atoms with Crippen molar-refractivity contribution in [2.24, 2.45) is 11.8 Å². The molecule has 0 radical (unpaired) electrons. The van der Waals surface area contributed by atoms with E-state index >= 15 is 0 Å². The number of carboxylic acid groups (broad SMARTS) is 1. The number of carboxylic acids is 1. The van der Waals surface area contributed by atoms with Crippen LogP contribution in [0.25, 0.3) is 0 Å². The largest absolute Gasteiger partial charge is 0.481 e. The van der Waals surface area contributed by atoms with Crippen LogP contribution in [0.15, 0.2) is 27.6 Å². The highest BCUT2D eigenvalue weighted by molar-refractivity contribution is 9.10. The zero-order valence-corrected chi connectivity index (χ0v) is 13.9. The molecule has 0 aromatic heterocycles. The minimum Gasteiger partial charge on any atom is -0.481 e. The molecule has 1 heterocycles. The first-order valence-corrected chi connectivity index (χ1v) is 8.54. The number of carbonyl (C=O) groups is 1. The number of aliphatic carboxylic acids is 1. The molecule has 1 fully saturated rings. The highest BCUT2D eigenvalue weighted by Gasteiger charge is 2.41. The molecule has 1 aliphatic rings. The Morgan fingerprint density at radius 1 is 1.41 bits per heavy atom. The van der Waals surface area contributed by atoms with Gasteiger partial charge in [-0.2, -0.15) is 4.31 Å². The van der Waals surface area contributed by atoms with Crippen LogP contribution in [0.5, 0.6) is 0 Å². The summed E-state index contributed by atoms with van der Waals surface area (Å²) in [5.41, 5.74) is -0.352. The smallest absolute Gasteiger partial charge is 0.308 e. The average molecular weight is 393 g/mol. The van der Waals surface area contributed by atoms with Crippen molar-refractivity contribution in [2.45, 2.75) is 11.8 Å². The molecule has 0 spiro atoms. The fourth-order valence-electron chi connectivity index (χ4n) is 2.39. The minimum absolute atomic E-state index is 0.0691. The van der Waals surface area contributed by atoms with Crippen molar-refractivity contribution in [3.8, 4) is 0 Å². The molecule has 10 heteroatoms. The normalized spacial score (nSPS) is 22.6. The highest BCUT2D eigenvalue weighted by atomic mass is 79.9. The van der Waals surface area contributed by atoms with Crippen LogP contribution in [0.2, 0.25) is 0 Å². The zero-order chi connectivity index (χ0) is 16.7. The topological polar surface area (TPSA) is 118 Å². The van der Waals surface area contributed by atoms with Crippen molar-refractivity contribution >= 4 is 37.6 Å². The summed E-state index contributed by atoms with van der Waals surface area (Å²) < 4.78 is 26.5. The number of non-ortho nitro benzene ring substituents is 1. The van der Waals surface area contributed by atoms with Crippen LogP contribution in [-0.4, -0.2) is 41.8 Å². The van der Waals surface area contributed by atoms with Gasteiger partial charge in [0, 0.05) is 29.7 Å². The summed E-state index contributed by atoms with van der Waals surface area (Å²) in [6.07, 6.45) is 0. The van der Waals surface area contributed by atoms with E-state index in [9.17, 15) is 23.3 Å².